The number of hydrogen-bond donors (Lipinski definition) is 0. The smallest absolute Gasteiger partial charge is 0.00637 e. The van der Waals surface area contributed by atoms with Crippen molar-refractivity contribution in [3.05, 3.63) is 119 Å². The Morgan fingerprint density at radius 3 is 1.96 bits per heavy atom. The standard InChI is InChI=1S/C26H26/c1-22(12-11-17-23-13-5-2-6-14-23)20-26(25-18-9-4-10-19-25)21-24-15-7-3-8-16-24/h2-10,12-16,18-19,21H,11,17,20H2,1H3/b22-12+,26-21-. The summed E-state index contributed by atoms with van der Waals surface area (Å²) in [5.41, 5.74) is 6.74. The van der Waals surface area contributed by atoms with Crippen LogP contribution in [0.25, 0.3) is 11.6 Å². The third-order valence-electron chi connectivity index (χ3n) is 4.52. The molecule has 0 bridgehead atoms. The number of allylic oxidation sites excluding steroid dienone is 3. The lowest BCUT2D eigenvalue weighted by atomic mass is 9.95. The van der Waals surface area contributed by atoms with Gasteiger partial charge >= 0.3 is 0 Å². The van der Waals surface area contributed by atoms with Gasteiger partial charge in [-0.05, 0) is 48.4 Å². The Labute approximate surface area is 157 Å². The van der Waals surface area contributed by atoms with E-state index in [1.807, 2.05) is 0 Å². The molecule has 0 unspecified atom stereocenters. The normalized spacial score (nSPS) is 12.2. The summed E-state index contributed by atoms with van der Waals surface area (Å²) in [6.45, 7) is 2.24. The second-order valence-electron chi connectivity index (χ2n) is 6.70. The van der Waals surface area contributed by atoms with Gasteiger partial charge in [0.1, 0.15) is 0 Å². The van der Waals surface area contributed by atoms with Crippen molar-refractivity contribution in [2.45, 2.75) is 26.2 Å². The molecular formula is C26H26. The van der Waals surface area contributed by atoms with Gasteiger partial charge in [-0.2, -0.15) is 0 Å². The van der Waals surface area contributed by atoms with E-state index in [2.05, 4.69) is 110 Å². The van der Waals surface area contributed by atoms with E-state index in [1.54, 1.807) is 0 Å². The van der Waals surface area contributed by atoms with Crippen LogP contribution < -0.4 is 0 Å². The zero-order chi connectivity index (χ0) is 18.0. The molecule has 130 valence electrons. The Morgan fingerprint density at radius 2 is 1.31 bits per heavy atom. The van der Waals surface area contributed by atoms with Crippen LogP contribution in [-0.4, -0.2) is 0 Å². The summed E-state index contributed by atoms with van der Waals surface area (Å²) in [6, 6.07) is 32.0. The summed E-state index contributed by atoms with van der Waals surface area (Å²) < 4.78 is 0. The summed E-state index contributed by atoms with van der Waals surface area (Å²) in [4.78, 5) is 0. The molecule has 0 radical (unpaired) electrons. The second-order valence-corrected chi connectivity index (χ2v) is 6.70. The Bertz CT molecular complexity index is 840. The lowest BCUT2D eigenvalue weighted by Crippen LogP contribution is -1.88. The SMILES string of the molecule is C/C(=C\CCc1ccccc1)C/C(=C/c1ccccc1)c1ccccc1. The second kappa shape index (κ2) is 9.58. The first kappa shape index (κ1) is 17.9. The zero-order valence-electron chi connectivity index (χ0n) is 15.4. The van der Waals surface area contributed by atoms with E-state index in [-0.39, 0.29) is 0 Å². The van der Waals surface area contributed by atoms with Crippen molar-refractivity contribution in [2.75, 3.05) is 0 Å². The van der Waals surface area contributed by atoms with Gasteiger partial charge in [-0.1, -0.05) is 109 Å². The summed E-state index contributed by atoms with van der Waals surface area (Å²) in [7, 11) is 0. The molecule has 0 amide bonds. The first-order chi connectivity index (χ1) is 12.8. The molecule has 3 aromatic carbocycles. The van der Waals surface area contributed by atoms with E-state index in [1.165, 1.54) is 27.8 Å². The van der Waals surface area contributed by atoms with Crippen molar-refractivity contribution in [2.24, 2.45) is 0 Å². The van der Waals surface area contributed by atoms with Crippen molar-refractivity contribution in [1.29, 1.82) is 0 Å². The van der Waals surface area contributed by atoms with Crippen LogP contribution in [0.1, 0.15) is 36.5 Å². The van der Waals surface area contributed by atoms with Crippen LogP contribution in [0.2, 0.25) is 0 Å². The Balaban J connectivity index is 1.73. The van der Waals surface area contributed by atoms with Crippen LogP contribution >= 0.6 is 0 Å². The average molecular weight is 338 g/mol. The van der Waals surface area contributed by atoms with Crippen molar-refractivity contribution in [3.8, 4) is 0 Å². The van der Waals surface area contributed by atoms with E-state index in [9.17, 15) is 0 Å². The van der Waals surface area contributed by atoms with Crippen molar-refractivity contribution in [1.82, 2.24) is 0 Å². The number of benzene rings is 3. The minimum Gasteiger partial charge on any atom is -0.0849 e. The average Bonchev–Trinajstić information content (AvgIpc) is 2.70. The highest BCUT2D eigenvalue weighted by Crippen LogP contribution is 2.25. The lowest BCUT2D eigenvalue weighted by molar-refractivity contribution is 0.981. The maximum Gasteiger partial charge on any atom is -0.00637 e. The fraction of sp³-hybridized carbons (Fsp3) is 0.154. The predicted molar refractivity (Wildman–Crippen MR) is 114 cm³/mol. The van der Waals surface area contributed by atoms with Gasteiger partial charge < -0.3 is 0 Å². The third-order valence-corrected chi connectivity index (χ3v) is 4.52. The first-order valence-electron chi connectivity index (χ1n) is 9.32. The lowest BCUT2D eigenvalue weighted by Gasteiger charge is -2.10. The molecule has 0 saturated heterocycles. The van der Waals surface area contributed by atoms with Gasteiger partial charge in [-0.15, -0.1) is 0 Å². The van der Waals surface area contributed by atoms with Gasteiger partial charge in [0, 0.05) is 0 Å². The van der Waals surface area contributed by atoms with Crippen molar-refractivity contribution >= 4 is 11.6 Å². The molecule has 0 aromatic heterocycles. The molecule has 0 aliphatic carbocycles. The minimum atomic E-state index is 0.980. The molecule has 0 aliphatic rings. The molecule has 0 spiro atoms. The molecule has 26 heavy (non-hydrogen) atoms. The molecule has 3 rings (SSSR count). The van der Waals surface area contributed by atoms with E-state index < -0.39 is 0 Å². The van der Waals surface area contributed by atoms with Crippen LogP contribution in [0, 0.1) is 0 Å². The summed E-state index contributed by atoms with van der Waals surface area (Å²) in [5.74, 6) is 0. The fourth-order valence-corrected chi connectivity index (χ4v) is 3.14. The monoisotopic (exact) mass is 338 g/mol. The number of aryl methyl sites for hydroxylation is 1. The van der Waals surface area contributed by atoms with Gasteiger partial charge in [-0.25, -0.2) is 0 Å². The van der Waals surface area contributed by atoms with Gasteiger partial charge in [-0.3, -0.25) is 0 Å². The molecule has 0 fully saturated rings. The largest absolute Gasteiger partial charge is 0.0849 e. The van der Waals surface area contributed by atoms with Crippen LogP contribution in [-0.2, 0) is 6.42 Å². The van der Waals surface area contributed by atoms with Crippen molar-refractivity contribution < 1.29 is 0 Å². The summed E-state index contributed by atoms with van der Waals surface area (Å²) in [5, 5.41) is 0. The molecular weight excluding hydrogens is 312 g/mol. The quantitative estimate of drug-likeness (QED) is 0.316. The highest BCUT2D eigenvalue weighted by atomic mass is 14.1. The van der Waals surface area contributed by atoms with Gasteiger partial charge in [0.15, 0.2) is 0 Å². The Hall–Kier alpha value is -2.86. The van der Waals surface area contributed by atoms with Crippen LogP contribution in [0.5, 0.6) is 0 Å². The van der Waals surface area contributed by atoms with E-state index in [0.717, 1.165) is 19.3 Å². The third kappa shape index (κ3) is 5.60. The topological polar surface area (TPSA) is 0 Å². The van der Waals surface area contributed by atoms with Gasteiger partial charge in [0.2, 0.25) is 0 Å². The molecule has 0 N–H and O–H groups in total. The summed E-state index contributed by atoms with van der Waals surface area (Å²) in [6.07, 6.45) is 7.86. The van der Waals surface area contributed by atoms with Gasteiger partial charge in [0.05, 0.1) is 0 Å². The van der Waals surface area contributed by atoms with E-state index in [4.69, 9.17) is 0 Å². The molecule has 0 heterocycles. The molecule has 0 aliphatic heterocycles. The van der Waals surface area contributed by atoms with Crippen LogP contribution in [0.4, 0.5) is 0 Å². The molecule has 0 saturated carbocycles. The maximum absolute atomic E-state index is 2.38. The molecule has 0 nitrogen and oxygen atoms in total. The summed E-state index contributed by atoms with van der Waals surface area (Å²) >= 11 is 0. The van der Waals surface area contributed by atoms with Crippen LogP contribution in [0.15, 0.2) is 103 Å². The van der Waals surface area contributed by atoms with Crippen LogP contribution in [0.3, 0.4) is 0 Å². The highest BCUT2D eigenvalue weighted by Gasteiger charge is 2.03. The van der Waals surface area contributed by atoms with Crippen molar-refractivity contribution in [3.63, 3.8) is 0 Å². The Kier molecular flexibility index (Phi) is 6.61. The number of hydrogen-bond acceptors (Lipinski definition) is 0. The number of rotatable bonds is 7. The maximum atomic E-state index is 2.38. The van der Waals surface area contributed by atoms with E-state index in [0.29, 0.717) is 0 Å². The Morgan fingerprint density at radius 1 is 0.731 bits per heavy atom. The molecule has 3 aromatic rings. The predicted octanol–water partition coefficient (Wildman–Crippen LogP) is 7.20. The molecule has 0 atom stereocenters. The zero-order valence-corrected chi connectivity index (χ0v) is 15.4. The minimum absolute atomic E-state index is 0.980. The van der Waals surface area contributed by atoms with Gasteiger partial charge in [0.25, 0.3) is 0 Å². The highest BCUT2D eigenvalue weighted by molar-refractivity contribution is 5.82. The fourth-order valence-electron chi connectivity index (χ4n) is 3.14. The molecule has 0 heteroatoms. The van der Waals surface area contributed by atoms with E-state index >= 15 is 0 Å². The first-order valence-corrected chi connectivity index (χ1v) is 9.32.